The smallest absolute Gasteiger partial charge is 0.246 e. The van der Waals surface area contributed by atoms with E-state index < -0.39 is 36.3 Å². The van der Waals surface area contributed by atoms with Crippen molar-refractivity contribution in [2.24, 2.45) is 17.6 Å². The first kappa shape index (κ1) is 62.9. The van der Waals surface area contributed by atoms with Crippen LogP contribution in [-0.2, 0) is 64.0 Å². The van der Waals surface area contributed by atoms with Gasteiger partial charge in [-0.05, 0) is 111 Å². The van der Waals surface area contributed by atoms with Gasteiger partial charge in [-0.1, -0.05) is 135 Å². The minimum absolute atomic E-state index is 0.173. The molecule has 6 atom stereocenters. The fourth-order valence-corrected chi connectivity index (χ4v) is 11.4. The third-order valence-corrected chi connectivity index (χ3v) is 16.2. The number of rotatable bonds is 19. The Kier molecular flexibility index (Phi) is 21.6. The van der Waals surface area contributed by atoms with Gasteiger partial charge in [0.2, 0.25) is 46.6 Å². The SMILES string of the molecule is CC(=O)Cl.CNC(=O)[C@H](Cc1ccc2ccccc2c1)N1CCN(C(=O)[C@@H](Cc2ccc(F)cc2)NC(C)=O)[C@@H](CC2CC2)C1=O.CNC(=O)[C@H](Cc1ccc2ccccc2c1)N1CCN(C(=O)[C@H](N)Cc2ccc(F)cc2)[C@@H](CC2CC2)C1=O. The van der Waals surface area contributed by atoms with Gasteiger partial charge >= 0.3 is 0 Å². The summed E-state index contributed by atoms with van der Waals surface area (Å²) in [7, 11) is 3.14. The number of benzene rings is 6. The lowest BCUT2D eigenvalue weighted by Crippen LogP contribution is -2.65. The molecule has 4 fully saturated rings. The van der Waals surface area contributed by atoms with Crippen LogP contribution in [0.25, 0.3) is 21.5 Å². The Morgan fingerprint density at radius 2 is 0.906 bits per heavy atom. The average Bonchev–Trinajstić information content (AvgIpc) is 3.66. The van der Waals surface area contributed by atoms with Crippen molar-refractivity contribution in [3.63, 3.8) is 0 Å². The van der Waals surface area contributed by atoms with Crippen molar-refractivity contribution in [3.8, 4) is 0 Å². The Hall–Kier alpha value is -8.09. The van der Waals surface area contributed by atoms with Crippen LogP contribution in [0.4, 0.5) is 8.78 Å². The quantitative estimate of drug-likeness (QED) is 0.0612. The van der Waals surface area contributed by atoms with Gasteiger partial charge in [0, 0.05) is 73.4 Å². The van der Waals surface area contributed by atoms with E-state index in [0.717, 1.165) is 63.9 Å². The number of hydrogen-bond donors (Lipinski definition) is 4. The van der Waals surface area contributed by atoms with E-state index in [2.05, 4.69) is 33.6 Å². The fourth-order valence-electron chi connectivity index (χ4n) is 11.4. The first-order valence-corrected chi connectivity index (χ1v) is 29.5. The fraction of sp³-hybridized carbons (Fsp3) is 0.394. The Labute approximate surface area is 499 Å². The van der Waals surface area contributed by atoms with Gasteiger partial charge < -0.3 is 41.3 Å². The number of nitrogens with two attached hydrogens (primary N) is 1. The van der Waals surface area contributed by atoms with Crippen molar-refractivity contribution >= 4 is 79.7 Å². The second-order valence-corrected chi connectivity index (χ2v) is 23.1. The zero-order valence-corrected chi connectivity index (χ0v) is 49.2. The molecule has 0 spiro atoms. The first-order valence-electron chi connectivity index (χ1n) is 29.1. The van der Waals surface area contributed by atoms with Crippen molar-refractivity contribution in [2.45, 2.75) is 114 Å². The normalized spacial score (nSPS) is 18.2. The van der Waals surface area contributed by atoms with E-state index in [0.29, 0.717) is 49.6 Å². The number of piperazine rings is 2. The highest BCUT2D eigenvalue weighted by Gasteiger charge is 2.47. The van der Waals surface area contributed by atoms with Crippen LogP contribution >= 0.6 is 11.6 Å². The number of carbonyl (C=O) groups excluding carboxylic acids is 8. The van der Waals surface area contributed by atoms with Crippen LogP contribution in [0.3, 0.4) is 0 Å². The van der Waals surface area contributed by atoms with Gasteiger partial charge in [-0.15, -0.1) is 0 Å². The van der Waals surface area contributed by atoms with Crippen LogP contribution in [0.2, 0.25) is 0 Å². The number of nitrogens with one attached hydrogen (secondary N) is 3. The maximum absolute atomic E-state index is 14.1. The predicted molar refractivity (Wildman–Crippen MR) is 322 cm³/mol. The lowest BCUT2D eigenvalue weighted by atomic mass is 9.96. The highest BCUT2D eigenvalue weighted by atomic mass is 35.5. The van der Waals surface area contributed by atoms with E-state index in [-0.39, 0.29) is 90.7 Å². The summed E-state index contributed by atoms with van der Waals surface area (Å²) < 4.78 is 26.8. The van der Waals surface area contributed by atoms with Crippen molar-refractivity contribution in [1.82, 2.24) is 35.6 Å². The van der Waals surface area contributed by atoms with Crippen LogP contribution in [-0.4, -0.2) is 143 Å². The van der Waals surface area contributed by atoms with Crippen molar-refractivity contribution < 1.29 is 47.1 Å². The minimum Gasteiger partial charge on any atom is -0.357 e. The molecule has 0 aromatic heterocycles. The van der Waals surface area contributed by atoms with Gasteiger partial charge in [-0.3, -0.25) is 38.4 Å². The topological polar surface area (TPSA) is 212 Å². The highest BCUT2D eigenvalue weighted by molar-refractivity contribution is 6.62. The number of hydrogen-bond acceptors (Lipinski definition) is 9. The van der Waals surface area contributed by atoms with Crippen LogP contribution in [0.5, 0.6) is 0 Å². The maximum Gasteiger partial charge on any atom is 0.246 e. The van der Waals surface area contributed by atoms with Crippen LogP contribution in [0.1, 0.15) is 74.6 Å². The number of nitrogens with zero attached hydrogens (tertiary/aromatic N) is 4. The van der Waals surface area contributed by atoms with Crippen LogP contribution in [0.15, 0.2) is 133 Å². The van der Waals surface area contributed by atoms with Gasteiger partial charge in [0.1, 0.15) is 41.8 Å². The molecule has 85 heavy (non-hydrogen) atoms. The Bertz CT molecular complexity index is 3380. The molecule has 4 aliphatic rings. The van der Waals surface area contributed by atoms with Gasteiger partial charge in [0.05, 0.1) is 6.04 Å². The van der Waals surface area contributed by atoms with Gasteiger partial charge in [0.15, 0.2) is 0 Å². The molecule has 0 unspecified atom stereocenters. The molecule has 2 aliphatic heterocycles. The summed E-state index contributed by atoms with van der Waals surface area (Å²) in [5.41, 5.74) is 9.68. The monoisotopic (exact) mass is 1180 g/mol. The lowest BCUT2D eigenvalue weighted by Gasteiger charge is -2.44. The third kappa shape index (κ3) is 17.1. The van der Waals surface area contributed by atoms with E-state index in [9.17, 15) is 47.1 Å². The van der Waals surface area contributed by atoms with Gasteiger partial charge in [-0.2, -0.15) is 0 Å². The zero-order chi connectivity index (χ0) is 60.9. The zero-order valence-electron chi connectivity index (χ0n) is 48.5. The van der Waals surface area contributed by atoms with Crippen molar-refractivity contribution in [3.05, 3.63) is 167 Å². The Morgan fingerprint density at radius 1 is 0.529 bits per heavy atom. The second kappa shape index (κ2) is 29.1. The molecule has 5 N–H and O–H groups in total. The summed E-state index contributed by atoms with van der Waals surface area (Å²) in [6.45, 7) is 3.64. The van der Waals surface area contributed by atoms with Crippen molar-refractivity contribution in [2.75, 3.05) is 40.3 Å². The molecule has 0 bridgehead atoms. The highest BCUT2D eigenvalue weighted by Crippen LogP contribution is 2.38. The molecule has 2 saturated carbocycles. The molecule has 2 saturated heterocycles. The minimum atomic E-state index is -0.902. The van der Waals surface area contributed by atoms with Crippen molar-refractivity contribution in [1.29, 1.82) is 0 Å². The number of halogens is 3. The molecule has 0 radical (unpaired) electrons. The lowest BCUT2D eigenvalue weighted by molar-refractivity contribution is -0.157. The van der Waals surface area contributed by atoms with Gasteiger partial charge in [-0.25, -0.2) is 8.78 Å². The molecule has 6 aromatic rings. The molecular weight excluding hydrogens is 1110 g/mol. The van der Waals surface area contributed by atoms with Crippen LogP contribution in [0, 0.1) is 23.5 Å². The first-order chi connectivity index (χ1) is 40.8. The summed E-state index contributed by atoms with van der Waals surface area (Å²) in [5.74, 6) is -1.95. The molecule has 10 rings (SSSR count). The molecule has 2 heterocycles. The van der Waals surface area contributed by atoms with E-state index >= 15 is 0 Å². The second-order valence-electron chi connectivity index (χ2n) is 22.5. The summed E-state index contributed by atoms with van der Waals surface area (Å²) in [4.78, 5) is 110. The largest absolute Gasteiger partial charge is 0.357 e. The molecule has 448 valence electrons. The third-order valence-electron chi connectivity index (χ3n) is 16.2. The summed E-state index contributed by atoms with van der Waals surface area (Å²) in [5, 5.41) is 12.2. The standard InChI is InChI=1S/C33H37FN4O4.C31H35FN4O3.C2H3ClO/c1-21(39)36-28(18-22-10-13-27(34)14-11-22)32(41)38-16-15-37(33(42)30(38)19-23-7-8-23)29(31(40)35-2)20-24-9-12-25-5-3-4-6-26(25)17-24;1-34-29(37)27(19-22-8-11-23-4-2-3-5-24(23)16-22)35-14-15-36(28(31(35)39)18-21-6-7-21)30(38)26(33)17-20-9-12-25(32)13-10-20;1-2(3)4/h3-6,9-14,17,23,28-30H,7-8,15-16,18-20H2,1-2H3,(H,35,40)(H,36,39);2-5,8-13,16,21,26-28H,6-7,14-15,17-19,33H2,1H3,(H,34,37);1H3/t28-,29+,30+;26-,27+,28+;/m11./s1. The van der Waals surface area contributed by atoms with Crippen LogP contribution < -0.4 is 21.7 Å². The molecule has 19 heteroatoms. The average molecular weight is 1180 g/mol. The van der Waals surface area contributed by atoms with Gasteiger partial charge in [0.25, 0.3) is 0 Å². The summed E-state index contributed by atoms with van der Waals surface area (Å²) in [6, 6.07) is 35.4. The van der Waals surface area contributed by atoms with E-state index in [4.69, 9.17) is 5.73 Å². The molecule has 7 amide bonds. The summed E-state index contributed by atoms with van der Waals surface area (Å²) >= 11 is 4.64. The number of likely N-dealkylation sites (N-methyl/N-ethyl adjacent to an activating group) is 2. The molecule has 6 aromatic carbocycles. The number of carbonyl (C=O) groups is 8. The number of fused-ring (bicyclic) bond motifs is 2. The Morgan fingerprint density at radius 3 is 1.29 bits per heavy atom. The maximum atomic E-state index is 14.1. The molecular formula is C66H75ClF2N8O8. The predicted octanol–water partition coefficient (Wildman–Crippen LogP) is 7.04. The van der Waals surface area contributed by atoms with E-state index in [1.807, 2.05) is 78.9 Å². The van der Waals surface area contributed by atoms with E-state index in [1.165, 1.54) is 38.1 Å². The van der Waals surface area contributed by atoms with E-state index in [1.54, 1.807) is 58.0 Å². The molecule has 16 nitrogen and oxygen atoms in total. The molecule has 2 aliphatic carbocycles. The summed E-state index contributed by atoms with van der Waals surface area (Å²) in [6.07, 6.45) is 6.29. The Balaban J connectivity index is 0.000000209. The number of amides is 7.